The summed E-state index contributed by atoms with van der Waals surface area (Å²) in [5, 5.41) is 16.9. The minimum absolute atomic E-state index is 0.168. The fourth-order valence-corrected chi connectivity index (χ4v) is 3.98. The number of nitrogens with zero attached hydrogens (tertiary/aromatic N) is 4. The first-order valence-corrected chi connectivity index (χ1v) is 10.9. The van der Waals surface area contributed by atoms with E-state index < -0.39 is 17.2 Å². The number of carbonyl (C=O) groups excluding carboxylic acids is 1. The Kier molecular flexibility index (Phi) is 8.49. The number of ether oxygens (including phenoxy) is 3. The van der Waals surface area contributed by atoms with Crippen molar-refractivity contribution in [3.05, 3.63) is 44.2 Å². The maximum Gasteiger partial charge on any atom is 0.328 e. The van der Waals surface area contributed by atoms with Crippen LogP contribution in [-0.4, -0.2) is 61.9 Å². The third-order valence-corrected chi connectivity index (χ3v) is 5.61. The van der Waals surface area contributed by atoms with E-state index >= 15 is 0 Å². The van der Waals surface area contributed by atoms with Crippen molar-refractivity contribution < 1.29 is 23.9 Å². The maximum absolute atomic E-state index is 13.1. The highest BCUT2D eigenvalue weighted by Gasteiger charge is 2.28. The second-order valence-corrected chi connectivity index (χ2v) is 7.94. The summed E-state index contributed by atoms with van der Waals surface area (Å²) in [5.74, 6) is 0.665. The normalized spacial score (nSPS) is 13.1. The van der Waals surface area contributed by atoms with Gasteiger partial charge in [0.2, 0.25) is 6.29 Å². The van der Waals surface area contributed by atoms with Crippen molar-refractivity contribution >= 4 is 45.0 Å². The van der Waals surface area contributed by atoms with Gasteiger partial charge in [0.25, 0.3) is 0 Å². The summed E-state index contributed by atoms with van der Waals surface area (Å²) in [7, 11) is 4.54. The number of rotatable bonds is 9. The van der Waals surface area contributed by atoms with E-state index in [-0.39, 0.29) is 17.2 Å². The number of nitrogens with one attached hydrogen (secondary N) is 2. The molecule has 3 heterocycles. The van der Waals surface area contributed by atoms with Crippen molar-refractivity contribution in [3.8, 4) is 0 Å². The predicted molar refractivity (Wildman–Crippen MR) is 125 cm³/mol. The van der Waals surface area contributed by atoms with Crippen molar-refractivity contribution in [3.63, 3.8) is 0 Å². The van der Waals surface area contributed by atoms with E-state index in [1.165, 1.54) is 32.3 Å². The highest BCUT2D eigenvalue weighted by atomic mass is 79.9. The summed E-state index contributed by atoms with van der Waals surface area (Å²) in [6.45, 7) is 1.17. The Labute approximate surface area is 198 Å². The average molecular weight is 525 g/mol. The molecule has 0 bridgehead atoms. The number of pyridine rings is 2. The van der Waals surface area contributed by atoms with E-state index in [1.807, 2.05) is 6.07 Å². The molecule has 0 aromatic carbocycles. The number of amides is 2. The van der Waals surface area contributed by atoms with E-state index in [4.69, 9.17) is 14.2 Å². The number of aromatic nitrogens is 2. The lowest BCUT2D eigenvalue weighted by Crippen LogP contribution is -2.40. The Morgan fingerprint density at radius 1 is 1.33 bits per heavy atom. The number of hydrogen-bond acceptors (Lipinski definition) is 9. The van der Waals surface area contributed by atoms with Gasteiger partial charge in [-0.25, -0.2) is 14.8 Å². The van der Waals surface area contributed by atoms with Gasteiger partial charge in [-0.05, 0) is 40.4 Å². The van der Waals surface area contributed by atoms with Crippen LogP contribution in [0.5, 0.6) is 0 Å². The average Bonchev–Trinajstić information content (AvgIpc) is 2.80. The SMILES string of the molecule is COCCNc1cc(NC(=O)N2CCCc3cc(Br)c(C(OC)OC)nc32)ncc1[N+](=O)[O-]. The molecule has 1 aliphatic rings. The molecule has 0 fully saturated rings. The topological polar surface area (TPSA) is 141 Å². The zero-order chi connectivity index (χ0) is 24.0. The lowest BCUT2D eigenvalue weighted by atomic mass is 10.1. The molecule has 33 heavy (non-hydrogen) atoms. The van der Waals surface area contributed by atoms with Gasteiger partial charge in [-0.3, -0.25) is 20.3 Å². The quantitative estimate of drug-likeness (QED) is 0.218. The molecule has 178 valence electrons. The van der Waals surface area contributed by atoms with Gasteiger partial charge >= 0.3 is 11.7 Å². The molecule has 0 atom stereocenters. The second kappa shape index (κ2) is 11.3. The maximum atomic E-state index is 13.1. The van der Waals surface area contributed by atoms with Crippen LogP contribution in [0.15, 0.2) is 22.8 Å². The van der Waals surface area contributed by atoms with Crippen molar-refractivity contribution in [1.82, 2.24) is 9.97 Å². The van der Waals surface area contributed by atoms with Crippen LogP contribution in [0.1, 0.15) is 24.0 Å². The molecule has 2 N–H and O–H groups in total. The summed E-state index contributed by atoms with van der Waals surface area (Å²) < 4.78 is 16.3. The molecule has 0 aliphatic carbocycles. The molecular weight excluding hydrogens is 500 g/mol. The molecule has 13 heteroatoms. The molecule has 2 amide bonds. The van der Waals surface area contributed by atoms with Crippen molar-refractivity contribution in [2.24, 2.45) is 0 Å². The molecule has 12 nitrogen and oxygen atoms in total. The minimum Gasteiger partial charge on any atom is -0.383 e. The Morgan fingerprint density at radius 2 is 2.09 bits per heavy atom. The lowest BCUT2D eigenvalue weighted by molar-refractivity contribution is -0.384. The fourth-order valence-electron chi connectivity index (χ4n) is 3.43. The van der Waals surface area contributed by atoms with Crippen LogP contribution in [0.3, 0.4) is 0 Å². The highest BCUT2D eigenvalue weighted by molar-refractivity contribution is 9.10. The molecule has 2 aromatic rings. The first kappa shape index (κ1) is 24.8. The van der Waals surface area contributed by atoms with Crippen LogP contribution in [0.25, 0.3) is 0 Å². The standard InChI is InChI=1S/C20H25BrN6O6/c1-31-8-6-22-14-10-16(23-11-15(14)27(29)30)24-20(28)26-7-4-5-12-9-13(21)17(25-18(12)26)19(32-2)33-3/h9-11,19H,4-8H2,1-3H3,(H2,22,23,24,28). The number of fused-ring (bicyclic) bond motifs is 1. The van der Waals surface area contributed by atoms with Crippen LogP contribution >= 0.6 is 15.9 Å². The number of nitro groups is 1. The van der Waals surface area contributed by atoms with Crippen LogP contribution < -0.4 is 15.5 Å². The Morgan fingerprint density at radius 3 is 2.76 bits per heavy atom. The van der Waals surface area contributed by atoms with Crippen molar-refractivity contribution in [2.45, 2.75) is 19.1 Å². The van der Waals surface area contributed by atoms with Gasteiger partial charge in [0.15, 0.2) is 0 Å². The van der Waals surface area contributed by atoms with Crippen LogP contribution in [0, 0.1) is 10.1 Å². The zero-order valence-electron chi connectivity index (χ0n) is 18.5. The molecule has 3 rings (SSSR count). The second-order valence-electron chi connectivity index (χ2n) is 7.09. The summed E-state index contributed by atoms with van der Waals surface area (Å²) in [5.41, 5.74) is 1.44. The number of anilines is 3. The summed E-state index contributed by atoms with van der Waals surface area (Å²) in [4.78, 5) is 34.0. The number of methoxy groups -OCH3 is 3. The van der Waals surface area contributed by atoms with Crippen LogP contribution in [0.4, 0.5) is 27.8 Å². The monoisotopic (exact) mass is 524 g/mol. The number of halogens is 1. The molecule has 0 saturated carbocycles. The smallest absolute Gasteiger partial charge is 0.328 e. The number of aryl methyl sites for hydroxylation is 1. The number of urea groups is 1. The largest absolute Gasteiger partial charge is 0.383 e. The van der Waals surface area contributed by atoms with Gasteiger partial charge in [0.05, 0.1) is 11.5 Å². The molecule has 0 spiro atoms. The number of carbonyl (C=O) groups is 1. The van der Waals surface area contributed by atoms with Gasteiger partial charge in [-0.15, -0.1) is 0 Å². The van der Waals surface area contributed by atoms with Gasteiger partial charge < -0.3 is 19.5 Å². The number of hydrogen-bond donors (Lipinski definition) is 2. The first-order valence-electron chi connectivity index (χ1n) is 10.1. The van der Waals surface area contributed by atoms with E-state index in [0.717, 1.165) is 29.1 Å². The third-order valence-electron chi connectivity index (χ3n) is 4.98. The van der Waals surface area contributed by atoms with E-state index in [0.29, 0.717) is 31.2 Å². The van der Waals surface area contributed by atoms with Gasteiger partial charge in [-0.1, -0.05) is 0 Å². The lowest BCUT2D eigenvalue weighted by Gasteiger charge is -2.29. The van der Waals surface area contributed by atoms with Crippen LogP contribution in [-0.2, 0) is 20.6 Å². The van der Waals surface area contributed by atoms with E-state index in [1.54, 1.807) is 0 Å². The molecule has 0 saturated heterocycles. The molecule has 2 aromatic heterocycles. The predicted octanol–water partition coefficient (Wildman–Crippen LogP) is 3.48. The van der Waals surface area contributed by atoms with Gasteiger partial charge in [0.1, 0.15) is 29.2 Å². The first-order chi connectivity index (χ1) is 15.9. The fraction of sp³-hybridized carbons (Fsp3) is 0.450. The zero-order valence-corrected chi connectivity index (χ0v) is 20.0. The summed E-state index contributed by atoms with van der Waals surface area (Å²) >= 11 is 3.50. The van der Waals surface area contributed by atoms with Crippen LogP contribution in [0.2, 0.25) is 0 Å². The van der Waals surface area contributed by atoms with Crippen molar-refractivity contribution in [1.29, 1.82) is 0 Å². The van der Waals surface area contributed by atoms with E-state index in [2.05, 4.69) is 36.5 Å². The summed E-state index contributed by atoms with van der Waals surface area (Å²) in [6.07, 6.45) is 1.92. The Hall–Kier alpha value is -2.87. The Balaban J connectivity index is 1.86. The Bertz CT molecular complexity index is 1020. The molecule has 0 unspecified atom stereocenters. The molecular formula is C20H25BrN6O6. The van der Waals surface area contributed by atoms with Gasteiger partial charge in [0, 0.05) is 45.0 Å². The summed E-state index contributed by atoms with van der Waals surface area (Å²) in [6, 6.07) is 2.87. The molecule has 0 radical (unpaired) electrons. The van der Waals surface area contributed by atoms with Crippen molar-refractivity contribution in [2.75, 3.05) is 56.6 Å². The van der Waals surface area contributed by atoms with E-state index in [9.17, 15) is 14.9 Å². The molecule has 1 aliphatic heterocycles. The third kappa shape index (κ3) is 5.74. The van der Waals surface area contributed by atoms with Gasteiger partial charge in [-0.2, -0.15) is 0 Å². The highest BCUT2D eigenvalue weighted by Crippen LogP contribution is 2.34. The minimum atomic E-state index is -0.700.